The predicted octanol–water partition coefficient (Wildman–Crippen LogP) is 2.51. The van der Waals surface area contributed by atoms with Crippen LogP contribution in [0.15, 0.2) is 59.8 Å². The summed E-state index contributed by atoms with van der Waals surface area (Å²) in [6.07, 6.45) is 4.40. The van der Waals surface area contributed by atoms with Gasteiger partial charge in [0.15, 0.2) is 15.5 Å². The van der Waals surface area contributed by atoms with Crippen molar-refractivity contribution in [1.29, 1.82) is 0 Å². The van der Waals surface area contributed by atoms with Crippen LogP contribution in [0.5, 0.6) is 0 Å². The molecule has 2 heterocycles. The first-order valence-corrected chi connectivity index (χ1v) is 9.77. The van der Waals surface area contributed by atoms with E-state index in [1.165, 1.54) is 12.1 Å². The lowest BCUT2D eigenvalue weighted by atomic mass is 10.1. The maximum Gasteiger partial charge on any atom is 0.358 e. The molecule has 26 heavy (non-hydrogen) atoms. The van der Waals surface area contributed by atoms with E-state index >= 15 is 0 Å². The molecule has 0 amide bonds. The van der Waals surface area contributed by atoms with Gasteiger partial charge in [-0.1, -0.05) is 12.1 Å². The summed E-state index contributed by atoms with van der Waals surface area (Å²) in [6.45, 7) is 1.97. The highest BCUT2D eigenvalue weighted by molar-refractivity contribution is 7.90. The third-order valence-corrected chi connectivity index (χ3v) is 4.81. The van der Waals surface area contributed by atoms with Crippen molar-refractivity contribution in [2.45, 2.75) is 11.8 Å². The van der Waals surface area contributed by atoms with Gasteiger partial charge >= 0.3 is 5.97 Å². The minimum Gasteiger partial charge on any atom is -0.461 e. The zero-order valence-corrected chi connectivity index (χ0v) is 15.1. The average Bonchev–Trinajstić information content (AvgIpc) is 3.07. The van der Waals surface area contributed by atoms with Crippen molar-refractivity contribution in [3.05, 3.63) is 60.6 Å². The third-order valence-electron chi connectivity index (χ3n) is 3.68. The highest BCUT2D eigenvalue weighted by Gasteiger charge is 2.18. The summed E-state index contributed by atoms with van der Waals surface area (Å²) in [5, 5.41) is 4.34. The second kappa shape index (κ2) is 7.09. The van der Waals surface area contributed by atoms with E-state index in [2.05, 4.69) is 10.1 Å². The monoisotopic (exact) mass is 371 g/mol. The quantitative estimate of drug-likeness (QED) is 0.640. The standard InChI is InChI=1S/C18H17N3O4S/c1-3-25-18(22)16-12-17(21(20-16)14-8-10-19-11-9-14)13-4-6-15(7-5-13)26(2,23)24/h4-12H,3H2,1-2H3. The molecule has 134 valence electrons. The molecule has 0 radical (unpaired) electrons. The Morgan fingerprint density at radius 2 is 1.77 bits per heavy atom. The lowest BCUT2D eigenvalue weighted by Crippen LogP contribution is -2.06. The molecular weight excluding hydrogens is 354 g/mol. The lowest BCUT2D eigenvalue weighted by Gasteiger charge is -2.07. The lowest BCUT2D eigenvalue weighted by molar-refractivity contribution is 0.0519. The first kappa shape index (κ1) is 17.8. The van der Waals surface area contributed by atoms with Gasteiger partial charge in [0.05, 0.1) is 22.9 Å². The van der Waals surface area contributed by atoms with Crippen LogP contribution in [0.1, 0.15) is 17.4 Å². The Labute approximate surface area is 151 Å². The van der Waals surface area contributed by atoms with Crippen LogP contribution in [-0.2, 0) is 14.6 Å². The molecule has 3 aromatic rings. The molecule has 0 aliphatic heterocycles. The van der Waals surface area contributed by atoms with E-state index < -0.39 is 15.8 Å². The van der Waals surface area contributed by atoms with Gasteiger partial charge in [-0.05, 0) is 37.3 Å². The fourth-order valence-electron chi connectivity index (χ4n) is 2.45. The number of sulfone groups is 1. The van der Waals surface area contributed by atoms with Crippen LogP contribution in [-0.4, -0.2) is 42.0 Å². The zero-order chi connectivity index (χ0) is 18.7. The highest BCUT2D eigenvalue weighted by atomic mass is 32.2. The van der Waals surface area contributed by atoms with E-state index in [-0.39, 0.29) is 17.2 Å². The summed E-state index contributed by atoms with van der Waals surface area (Å²) in [5.41, 5.74) is 2.25. The Hall–Kier alpha value is -3.00. The molecule has 0 N–H and O–H groups in total. The molecule has 0 fully saturated rings. The number of esters is 1. The number of benzene rings is 1. The minimum absolute atomic E-state index is 0.172. The van der Waals surface area contributed by atoms with Crippen molar-refractivity contribution in [3.8, 4) is 16.9 Å². The van der Waals surface area contributed by atoms with Gasteiger partial charge in [-0.2, -0.15) is 5.10 Å². The Morgan fingerprint density at radius 3 is 2.35 bits per heavy atom. The number of hydrogen-bond donors (Lipinski definition) is 0. The number of carbonyl (C=O) groups is 1. The van der Waals surface area contributed by atoms with Crippen LogP contribution in [0.25, 0.3) is 16.9 Å². The number of nitrogens with zero attached hydrogens (tertiary/aromatic N) is 3. The molecule has 0 saturated carbocycles. The second-order valence-electron chi connectivity index (χ2n) is 5.55. The summed E-state index contributed by atoms with van der Waals surface area (Å²) in [6, 6.07) is 11.6. The third kappa shape index (κ3) is 3.65. The fourth-order valence-corrected chi connectivity index (χ4v) is 3.08. The number of rotatable bonds is 5. The van der Waals surface area contributed by atoms with Crippen molar-refractivity contribution in [2.75, 3.05) is 12.9 Å². The smallest absolute Gasteiger partial charge is 0.358 e. The van der Waals surface area contributed by atoms with Gasteiger partial charge in [-0.3, -0.25) is 4.98 Å². The highest BCUT2D eigenvalue weighted by Crippen LogP contribution is 2.25. The maximum absolute atomic E-state index is 12.1. The molecule has 0 saturated heterocycles. The van der Waals surface area contributed by atoms with Crippen molar-refractivity contribution < 1.29 is 17.9 Å². The normalized spacial score (nSPS) is 11.3. The number of pyridine rings is 1. The summed E-state index contributed by atoms with van der Waals surface area (Å²) >= 11 is 0. The summed E-state index contributed by atoms with van der Waals surface area (Å²) in [7, 11) is -3.28. The van der Waals surface area contributed by atoms with Gasteiger partial charge in [0.25, 0.3) is 0 Å². The van der Waals surface area contributed by atoms with Crippen molar-refractivity contribution in [1.82, 2.24) is 14.8 Å². The van der Waals surface area contributed by atoms with Crippen LogP contribution in [0, 0.1) is 0 Å². The van der Waals surface area contributed by atoms with Gasteiger partial charge < -0.3 is 4.74 Å². The topological polar surface area (TPSA) is 91.2 Å². The first-order chi connectivity index (χ1) is 12.4. The van der Waals surface area contributed by atoms with Gasteiger partial charge in [-0.15, -0.1) is 0 Å². The van der Waals surface area contributed by atoms with Gasteiger partial charge in [-0.25, -0.2) is 17.9 Å². The number of carbonyl (C=O) groups excluding carboxylic acids is 1. The largest absolute Gasteiger partial charge is 0.461 e. The summed E-state index contributed by atoms with van der Waals surface area (Å²) in [5.74, 6) is -0.519. The van der Waals surface area contributed by atoms with Crippen LogP contribution in [0.4, 0.5) is 0 Å². The molecule has 0 spiro atoms. The number of aromatic nitrogens is 3. The van der Waals surface area contributed by atoms with Gasteiger partial charge in [0, 0.05) is 24.2 Å². The molecule has 7 nitrogen and oxygen atoms in total. The molecule has 0 unspecified atom stereocenters. The number of ether oxygens (including phenoxy) is 1. The Kier molecular flexibility index (Phi) is 4.85. The van der Waals surface area contributed by atoms with Crippen LogP contribution >= 0.6 is 0 Å². The maximum atomic E-state index is 12.1. The number of hydrogen-bond acceptors (Lipinski definition) is 6. The van der Waals surface area contributed by atoms with Gasteiger partial charge in [0.2, 0.25) is 0 Å². The molecule has 0 aliphatic carbocycles. The predicted molar refractivity (Wildman–Crippen MR) is 95.9 cm³/mol. The molecule has 8 heteroatoms. The van der Waals surface area contributed by atoms with Crippen LogP contribution in [0.2, 0.25) is 0 Å². The van der Waals surface area contributed by atoms with Crippen molar-refractivity contribution in [2.24, 2.45) is 0 Å². The molecular formula is C18H17N3O4S. The average molecular weight is 371 g/mol. The second-order valence-corrected chi connectivity index (χ2v) is 7.56. The van der Waals surface area contributed by atoms with E-state index in [9.17, 15) is 13.2 Å². The van der Waals surface area contributed by atoms with Crippen LogP contribution < -0.4 is 0 Å². The Balaban J connectivity index is 2.11. The molecule has 0 aliphatic rings. The van der Waals surface area contributed by atoms with Crippen molar-refractivity contribution >= 4 is 15.8 Å². The SMILES string of the molecule is CCOC(=O)c1cc(-c2ccc(S(C)(=O)=O)cc2)n(-c2ccncc2)n1. The molecule has 0 bridgehead atoms. The zero-order valence-electron chi connectivity index (χ0n) is 14.3. The fraction of sp³-hybridized carbons (Fsp3) is 0.167. The van der Waals surface area contributed by atoms with E-state index in [0.717, 1.165) is 17.5 Å². The molecule has 1 aromatic carbocycles. The Bertz CT molecular complexity index is 1030. The van der Waals surface area contributed by atoms with Gasteiger partial charge in [0.1, 0.15) is 0 Å². The van der Waals surface area contributed by atoms with E-state index in [0.29, 0.717) is 5.69 Å². The van der Waals surface area contributed by atoms with Crippen LogP contribution in [0.3, 0.4) is 0 Å². The minimum atomic E-state index is -3.28. The summed E-state index contributed by atoms with van der Waals surface area (Å²) < 4.78 is 29.9. The summed E-state index contributed by atoms with van der Waals surface area (Å²) in [4.78, 5) is 16.3. The molecule has 0 atom stereocenters. The Morgan fingerprint density at radius 1 is 1.12 bits per heavy atom. The van der Waals surface area contributed by atoms with E-state index in [1.807, 2.05) is 0 Å². The molecule has 2 aromatic heterocycles. The van der Waals surface area contributed by atoms with Crippen molar-refractivity contribution in [3.63, 3.8) is 0 Å². The van der Waals surface area contributed by atoms with E-state index in [1.54, 1.807) is 54.3 Å². The molecule has 3 rings (SSSR count). The van der Waals surface area contributed by atoms with E-state index in [4.69, 9.17) is 4.74 Å². The first-order valence-electron chi connectivity index (χ1n) is 7.88.